The molecule has 1 amide bonds. The van der Waals surface area contributed by atoms with E-state index < -0.39 is 0 Å². The number of nitrogens with zero attached hydrogens (tertiary/aromatic N) is 4. The van der Waals surface area contributed by atoms with Gasteiger partial charge in [0.2, 0.25) is 0 Å². The van der Waals surface area contributed by atoms with Gasteiger partial charge in [-0.3, -0.25) is 4.79 Å². The maximum atomic E-state index is 12.9. The Morgan fingerprint density at radius 1 is 1.28 bits per heavy atom. The van der Waals surface area contributed by atoms with Gasteiger partial charge in [-0.1, -0.05) is 0 Å². The topological polar surface area (TPSA) is 69.5 Å². The maximum absolute atomic E-state index is 12.9. The Hall–Kier alpha value is -2.48. The second kappa shape index (κ2) is 7.60. The van der Waals surface area contributed by atoms with Crippen molar-refractivity contribution in [3.8, 4) is 5.75 Å². The summed E-state index contributed by atoms with van der Waals surface area (Å²) in [5, 5.41) is 8.36. The number of carbonyl (C=O) groups excluding carboxylic acids is 1. The van der Waals surface area contributed by atoms with Gasteiger partial charge in [-0.15, -0.1) is 10.2 Å². The summed E-state index contributed by atoms with van der Waals surface area (Å²) in [7, 11) is 1.61. The van der Waals surface area contributed by atoms with Crippen molar-refractivity contribution in [2.45, 2.75) is 32.5 Å². The molecule has 2 aromatic rings. The summed E-state index contributed by atoms with van der Waals surface area (Å²) in [6, 6.07) is 5.61. The van der Waals surface area contributed by atoms with E-state index in [1.165, 1.54) is 24.3 Å². The monoisotopic (exact) mass is 348 g/mol. The Balaban J connectivity index is 1.62. The van der Waals surface area contributed by atoms with Crippen molar-refractivity contribution in [2.75, 3.05) is 20.3 Å². The van der Waals surface area contributed by atoms with Crippen LogP contribution in [0.25, 0.3) is 0 Å². The van der Waals surface area contributed by atoms with E-state index >= 15 is 0 Å². The van der Waals surface area contributed by atoms with Crippen LogP contribution in [0.4, 0.5) is 4.39 Å². The molecular formula is C17H21FN4O3. The third kappa shape index (κ3) is 3.96. The zero-order chi connectivity index (χ0) is 17.8. The van der Waals surface area contributed by atoms with Gasteiger partial charge in [-0.25, -0.2) is 4.39 Å². The second-order valence-electron chi connectivity index (χ2n) is 6.00. The first-order valence-electron chi connectivity index (χ1n) is 8.16. The fourth-order valence-corrected chi connectivity index (χ4v) is 2.95. The van der Waals surface area contributed by atoms with Gasteiger partial charge in [0.05, 0.1) is 0 Å². The summed E-state index contributed by atoms with van der Waals surface area (Å²) < 4.78 is 25.5. The molecule has 0 N–H and O–H groups in total. The molecule has 1 aromatic carbocycles. The van der Waals surface area contributed by atoms with Crippen molar-refractivity contribution in [3.63, 3.8) is 0 Å². The third-order valence-corrected chi connectivity index (χ3v) is 4.25. The first-order chi connectivity index (χ1) is 12.1. The Labute approximate surface area is 145 Å². The molecule has 0 fully saturated rings. The lowest BCUT2D eigenvalue weighted by Crippen LogP contribution is -2.42. The first kappa shape index (κ1) is 17.3. The molecule has 7 nitrogen and oxygen atoms in total. The average Bonchev–Trinajstić information content (AvgIpc) is 2.88. The van der Waals surface area contributed by atoms with Gasteiger partial charge in [0.15, 0.2) is 12.4 Å². The predicted octanol–water partition coefficient (Wildman–Crippen LogP) is 1.42. The van der Waals surface area contributed by atoms with Crippen LogP contribution in [0.5, 0.6) is 5.75 Å². The van der Waals surface area contributed by atoms with Gasteiger partial charge in [0.1, 0.15) is 24.0 Å². The molecule has 3 rings (SSSR count). The molecule has 8 heteroatoms. The molecule has 0 unspecified atom stereocenters. The van der Waals surface area contributed by atoms with E-state index in [9.17, 15) is 9.18 Å². The Kier molecular flexibility index (Phi) is 5.28. The lowest BCUT2D eigenvalue weighted by Gasteiger charge is -2.26. The van der Waals surface area contributed by atoms with Crippen molar-refractivity contribution in [2.24, 2.45) is 0 Å². The summed E-state index contributed by atoms with van der Waals surface area (Å²) in [4.78, 5) is 14.3. The number of halogens is 1. The van der Waals surface area contributed by atoms with Crippen LogP contribution in [0.15, 0.2) is 24.3 Å². The molecule has 0 aliphatic carbocycles. The normalized spacial score (nSPS) is 17.1. The van der Waals surface area contributed by atoms with Gasteiger partial charge < -0.3 is 18.9 Å². The van der Waals surface area contributed by atoms with Crippen LogP contribution in [0.1, 0.15) is 18.6 Å². The smallest absolute Gasteiger partial charge is 0.260 e. The minimum Gasteiger partial charge on any atom is -0.484 e. The molecule has 0 radical (unpaired) electrons. The van der Waals surface area contributed by atoms with Crippen LogP contribution in [0.3, 0.4) is 0 Å². The molecule has 1 aliphatic rings. The van der Waals surface area contributed by atoms with Crippen LogP contribution in [0.2, 0.25) is 0 Å². The number of amides is 1. The fraction of sp³-hybridized carbons (Fsp3) is 0.471. The standard InChI is InChI=1S/C17H21FN4O3/c1-12-9-15-19-20-16(10-24-2)22(15)8-7-21(12)17(23)11-25-14-5-3-13(18)4-6-14/h3-6,12H,7-11H2,1-2H3/t12-/m1/s1. The van der Waals surface area contributed by atoms with Crippen molar-refractivity contribution >= 4 is 5.91 Å². The van der Waals surface area contributed by atoms with Crippen molar-refractivity contribution < 1.29 is 18.7 Å². The Morgan fingerprint density at radius 2 is 2.04 bits per heavy atom. The molecule has 2 heterocycles. The molecular weight excluding hydrogens is 327 g/mol. The fourth-order valence-electron chi connectivity index (χ4n) is 2.95. The SMILES string of the molecule is COCc1nnc2n1CCN(C(=O)COc1ccc(F)cc1)[C@H](C)C2. The van der Waals surface area contributed by atoms with Gasteiger partial charge >= 0.3 is 0 Å². The summed E-state index contributed by atoms with van der Waals surface area (Å²) in [5.74, 6) is 1.64. The number of ether oxygens (including phenoxy) is 2. The molecule has 134 valence electrons. The molecule has 25 heavy (non-hydrogen) atoms. The van der Waals surface area contributed by atoms with Crippen LogP contribution in [0, 0.1) is 5.82 Å². The third-order valence-electron chi connectivity index (χ3n) is 4.25. The number of benzene rings is 1. The molecule has 0 spiro atoms. The number of hydrogen-bond acceptors (Lipinski definition) is 5. The minimum absolute atomic E-state index is 0.00911. The number of aromatic nitrogens is 3. The number of hydrogen-bond donors (Lipinski definition) is 0. The Morgan fingerprint density at radius 3 is 2.76 bits per heavy atom. The zero-order valence-corrected chi connectivity index (χ0v) is 14.3. The number of rotatable bonds is 5. The highest BCUT2D eigenvalue weighted by molar-refractivity contribution is 5.78. The summed E-state index contributed by atoms with van der Waals surface area (Å²) in [6.45, 7) is 3.46. The van der Waals surface area contributed by atoms with Crippen molar-refractivity contribution in [1.29, 1.82) is 0 Å². The number of fused-ring (bicyclic) bond motifs is 1. The molecule has 0 saturated heterocycles. The lowest BCUT2D eigenvalue weighted by molar-refractivity contribution is -0.135. The summed E-state index contributed by atoms with van der Waals surface area (Å²) in [6.07, 6.45) is 0.624. The summed E-state index contributed by atoms with van der Waals surface area (Å²) >= 11 is 0. The van der Waals surface area contributed by atoms with Gasteiger partial charge in [0, 0.05) is 32.7 Å². The van der Waals surface area contributed by atoms with Crippen LogP contribution >= 0.6 is 0 Å². The number of carbonyl (C=O) groups is 1. The molecule has 1 aliphatic heterocycles. The highest BCUT2D eigenvalue weighted by atomic mass is 19.1. The van der Waals surface area contributed by atoms with E-state index in [-0.39, 0.29) is 24.4 Å². The number of methoxy groups -OCH3 is 1. The Bertz CT molecular complexity index is 732. The second-order valence-corrected chi connectivity index (χ2v) is 6.00. The van der Waals surface area contributed by atoms with Gasteiger partial charge in [-0.2, -0.15) is 0 Å². The van der Waals surface area contributed by atoms with Crippen molar-refractivity contribution in [3.05, 3.63) is 41.7 Å². The summed E-state index contributed by atoms with van der Waals surface area (Å²) in [5.41, 5.74) is 0. The first-order valence-corrected chi connectivity index (χ1v) is 8.16. The van der Waals surface area contributed by atoms with Crippen LogP contribution < -0.4 is 4.74 Å². The zero-order valence-electron chi connectivity index (χ0n) is 14.3. The molecule has 1 aromatic heterocycles. The van der Waals surface area contributed by atoms with Gasteiger partial charge in [-0.05, 0) is 31.2 Å². The largest absolute Gasteiger partial charge is 0.484 e. The van der Waals surface area contributed by atoms with E-state index in [0.717, 1.165) is 11.6 Å². The van der Waals surface area contributed by atoms with Crippen LogP contribution in [-0.4, -0.2) is 51.9 Å². The lowest BCUT2D eigenvalue weighted by atomic mass is 10.2. The maximum Gasteiger partial charge on any atom is 0.260 e. The van der Waals surface area contributed by atoms with E-state index in [4.69, 9.17) is 9.47 Å². The molecule has 1 atom stereocenters. The van der Waals surface area contributed by atoms with Gasteiger partial charge in [0.25, 0.3) is 5.91 Å². The molecule has 0 bridgehead atoms. The van der Waals surface area contributed by atoms with Crippen LogP contribution in [-0.2, 0) is 29.1 Å². The van der Waals surface area contributed by atoms with E-state index in [1.54, 1.807) is 12.0 Å². The highest BCUT2D eigenvalue weighted by Crippen LogP contribution is 2.16. The quantitative estimate of drug-likeness (QED) is 0.817. The molecule has 0 saturated carbocycles. The highest BCUT2D eigenvalue weighted by Gasteiger charge is 2.27. The van der Waals surface area contributed by atoms with E-state index in [1.807, 2.05) is 11.5 Å². The van der Waals surface area contributed by atoms with E-state index in [0.29, 0.717) is 31.9 Å². The van der Waals surface area contributed by atoms with E-state index in [2.05, 4.69) is 10.2 Å². The minimum atomic E-state index is -0.338. The average molecular weight is 348 g/mol. The predicted molar refractivity (Wildman–Crippen MR) is 87.5 cm³/mol. The van der Waals surface area contributed by atoms with Crippen molar-refractivity contribution in [1.82, 2.24) is 19.7 Å².